The van der Waals surface area contributed by atoms with Crippen LogP contribution in [-0.4, -0.2) is 19.1 Å². The largest absolute Gasteiger partial charge is 0.490 e. The van der Waals surface area contributed by atoms with E-state index in [1.807, 2.05) is 13.8 Å². The van der Waals surface area contributed by atoms with Crippen LogP contribution < -0.4 is 14.8 Å². The molecule has 0 heterocycles. The number of carbonyl (C=O) groups excluding carboxylic acids is 1. The molecule has 0 aliphatic heterocycles. The van der Waals surface area contributed by atoms with Gasteiger partial charge in [0.25, 0.3) is 5.91 Å². The van der Waals surface area contributed by atoms with Crippen molar-refractivity contribution in [2.45, 2.75) is 13.8 Å². The van der Waals surface area contributed by atoms with Gasteiger partial charge in [0.05, 0.1) is 23.9 Å². The third-order valence-electron chi connectivity index (χ3n) is 2.99. The van der Waals surface area contributed by atoms with Crippen LogP contribution in [0.15, 0.2) is 36.4 Å². The minimum absolute atomic E-state index is 0.326. The monoisotopic (exact) mass is 337 g/mol. The molecule has 0 fully saturated rings. The molecule has 0 saturated heterocycles. The number of amides is 1. The number of rotatable bonds is 6. The normalized spacial score (nSPS) is 10.3. The van der Waals surface area contributed by atoms with Crippen molar-refractivity contribution in [3.8, 4) is 11.5 Å². The van der Waals surface area contributed by atoms with E-state index < -0.39 is 11.7 Å². The van der Waals surface area contributed by atoms with Crippen molar-refractivity contribution in [2.24, 2.45) is 0 Å². The molecule has 0 aliphatic carbocycles. The first-order valence-electron chi connectivity index (χ1n) is 7.21. The fraction of sp³-hybridized carbons (Fsp3) is 0.235. The summed E-state index contributed by atoms with van der Waals surface area (Å²) in [5.74, 6) is 0.213. The Bertz CT molecular complexity index is 689. The van der Waals surface area contributed by atoms with E-state index in [1.165, 1.54) is 24.3 Å². The van der Waals surface area contributed by atoms with E-state index in [-0.39, 0.29) is 0 Å². The third-order valence-corrected chi connectivity index (χ3v) is 3.30. The fourth-order valence-electron chi connectivity index (χ4n) is 1.96. The van der Waals surface area contributed by atoms with Crippen molar-refractivity contribution >= 4 is 23.2 Å². The lowest BCUT2D eigenvalue weighted by Gasteiger charge is -2.14. The van der Waals surface area contributed by atoms with Gasteiger partial charge in [-0.3, -0.25) is 4.79 Å². The molecule has 1 N–H and O–H groups in total. The van der Waals surface area contributed by atoms with Crippen molar-refractivity contribution in [3.05, 3.63) is 52.8 Å². The van der Waals surface area contributed by atoms with Gasteiger partial charge in [0, 0.05) is 17.7 Å². The first kappa shape index (κ1) is 17.1. The predicted molar refractivity (Wildman–Crippen MR) is 88.1 cm³/mol. The predicted octanol–water partition coefficient (Wildman–Crippen LogP) is 4.53. The summed E-state index contributed by atoms with van der Waals surface area (Å²) in [4.78, 5) is 12.2. The lowest BCUT2D eigenvalue weighted by Crippen LogP contribution is -2.12. The molecule has 23 heavy (non-hydrogen) atoms. The number of hydrogen-bond acceptors (Lipinski definition) is 3. The maximum absolute atomic E-state index is 12.9. The quantitative estimate of drug-likeness (QED) is 0.842. The average molecular weight is 338 g/mol. The Hall–Kier alpha value is -2.27. The molecule has 2 rings (SSSR count). The molecule has 0 bridgehead atoms. The molecule has 6 heteroatoms. The zero-order valence-corrected chi connectivity index (χ0v) is 13.6. The van der Waals surface area contributed by atoms with Gasteiger partial charge in [-0.25, -0.2) is 4.39 Å². The molecule has 0 atom stereocenters. The molecular formula is C17H17ClFNO3. The lowest BCUT2D eigenvalue weighted by atomic mass is 10.2. The minimum Gasteiger partial charge on any atom is -0.490 e. The topological polar surface area (TPSA) is 47.6 Å². The van der Waals surface area contributed by atoms with Crippen molar-refractivity contribution in [1.29, 1.82) is 0 Å². The molecular weight excluding hydrogens is 321 g/mol. The summed E-state index contributed by atoms with van der Waals surface area (Å²) in [6, 6.07) is 8.45. The van der Waals surface area contributed by atoms with E-state index >= 15 is 0 Å². The summed E-state index contributed by atoms with van der Waals surface area (Å²) in [5.41, 5.74) is 0.724. The van der Waals surface area contributed by atoms with E-state index in [1.54, 1.807) is 12.1 Å². The van der Waals surface area contributed by atoms with Gasteiger partial charge in [-0.15, -0.1) is 0 Å². The summed E-state index contributed by atoms with van der Waals surface area (Å²) < 4.78 is 23.9. The summed E-state index contributed by atoms with van der Waals surface area (Å²) >= 11 is 6.18. The van der Waals surface area contributed by atoms with Crippen LogP contribution in [0, 0.1) is 5.82 Å². The summed E-state index contributed by atoms with van der Waals surface area (Å²) in [7, 11) is 0. The molecule has 122 valence electrons. The molecule has 0 saturated carbocycles. The van der Waals surface area contributed by atoms with E-state index in [2.05, 4.69) is 5.32 Å². The highest BCUT2D eigenvalue weighted by atomic mass is 35.5. The number of ether oxygens (including phenoxy) is 2. The Morgan fingerprint density at radius 2 is 1.65 bits per heavy atom. The molecule has 2 aromatic carbocycles. The van der Waals surface area contributed by atoms with Crippen LogP contribution in [0.4, 0.5) is 10.1 Å². The SMILES string of the molecule is CCOc1cc(Cl)c(NC(=O)c2ccc(F)cc2)cc1OCC. The maximum Gasteiger partial charge on any atom is 0.255 e. The average Bonchev–Trinajstić information content (AvgIpc) is 2.52. The standard InChI is InChI=1S/C17H17ClFNO3/c1-3-22-15-9-13(18)14(10-16(15)23-4-2)20-17(21)11-5-7-12(19)8-6-11/h5-10H,3-4H2,1-2H3,(H,20,21). The summed E-state index contributed by atoms with van der Waals surface area (Å²) in [6.07, 6.45) is 0. The van der Waals surface area contributed by atoms with Crippen LogP contribution in [0.25, 0.3) is 0 Å². The van der Waals surface area contributed by atoms with Crippen LogP contribution >= 0.6 is 11.6 Å². The zero-order chi connectivity index (χ0) is 16.8. The molecule has 0 aliphatic rings. The number of carbonyl (C=O) groups is 1. The fourth-order valence-corrected chi connectivity index (χ4v) is 2.16. The Balaban J connectivity index is 2.26. The van der Waals surface area contributed by atoms with Crippen molar-refractivity contribution < 1.29 is 18.7 Å². The van der Waals surface area contributed by atoms with Crippen molar-refractivity contribution in [2.75, 3.05) is 18.5 Å². The highest BCUT2D eigenvalue weighted by Gasteiger charge is 2.14. The van der Waals surface area contributed by atoms with Gasteiger partial charge in [-0.05, 0) is 38.1 Å². The number of hydrogen-bond donors (Lipinski definition) is 1. The number of nitrogens with one attached hydrogen (secondary N) is 1. The maximum atomic E-state index is 12.9. The van der Waals surface area contributed by atoms with Crippen LogP contribution in [-0.2, 0) is 0 Å². The second kappa shape index (κ2) is 7.83. The zero-order valence-electron chi connectivity index (χ0n) is 12.9. The lowest BCUT2D eigenvalue weighted by molar-refractivity contribution is 0.102. The molecule has 0 unspecified atom stereocenters. The van der Waals surface area contributed by atoms with Crippen LogP contribution in [0.1, 0.15) is 24.2 Å². The highest BCUT2D eigenvalue weighted by molar-refractivity contribution is 6.34. The molecule has 2 aromatic rings. The molecule has 0 spiro atoms. The number of anilines is 1. The Kier molecular flexibility index (Phi) is 5.82. The van der Waals surface area contributed by atoms with E-state index in [9.17, 15) is 9.18 Å². The second-order valence-electron chi connectivity index (χ2n) is 4.61. The Labute approximate surface area is 139 Å². The summed E-state index contributed by atoms with van der Waals surface area (Å²) in [6.45, 7) is 4.62. The van der Waals surface area contributed by atoms with Crippen molar-refractivity contribution in [3.63, 3.8) is 0 Å². The number of halogens is 2. The smallest absolute Gasteiger partial charge is 0.255 e. The molecule has 4 nitrogen and oxygen atoms in total. The van der Waals surface area contributed by atoms with E-state index in [0.717, 1.165) is 0 Å². The van der Waals surface area contributed by atoms with E-state index in [0.29, 0.717) is 41.0 Å². The van der Waals surface area contributed by atoms with E-state index in [4.69, 9.17) is 21.1 Å². The van der Waals surface area contributed by atoms with Crippen LogP contribution in [0.3, 0.4) is 0 Å². The first-order chi connectivity index (χ1) is 11.0. The third kappa shape index (κ3) is 4.36. The summed E-state index contributed by atoms with van der Waals surface area (Å²) in [5, 5.41) is 3.01. The van der Waals surface area contributed by atoms with Crippen LogP contribution in [0.2, 0.25) is 5.02 Å². The first-order valence-corrected chi connectivity index (χ1v) is 7.59. The highest BCUT2D eigenvalue weighted by Crippen LogP contribution is 2.36. The van der Waals surface area contributed by atoms with Crippen molar-refractivity contribution in [1.82, 2.24) is 0 Å². The van der Waals surface area contributed by atoms with Gasteiger partial charge in [0.15, 0.2) is 11.5 Å². The van der Waals surface area contributed by atoms with Crippen LogP contribution in [0.5, 0.6) is 11.5 Å². The van der Waals surface area contributed by atoms with Gasteiger partial charge in [0.2, 0.25) is 0 Å². The Morgan fingerprint density at radius 3 is 2.22 bits per heavy atom. The molecule has 1 amide bonds. The number of benzene rings is 2. The van der Waals surface area contributed by atoms with Gasteiger partial charge in [-0.1, -0.05) is 11.6 Å². The van der Waals surface area contributed by atoms with Gasteiger partial charge >= 0.3 is 0 Å². The minimum atomic E-state index is -0.403. The molecule has 0 radical (unpaired) electrons. The van der Waals surface area contributed by atoms with Gasteiger partial charge in [0.1, 0.15) is 5.82 Å². The van der Waals surface area contributed by atoms with Gasteiger partial charge in [-0.2, -0.15) is 0 Å². The van der Waals surface area contributed by atoms with Gasteiger partial charge < -0.3 is 14.8 Å². The second-order valence-corrected chi connectivity index (χ2v) is 5.01. The molecule has 0 aromatic heterocycles. The Morgan fingerprint density at radius 1 is 1.09 bits per heavy atom.